The van der Waals surface area contributed by atoms with Gasteiger partial charge in [0, 0.05) is 45.2 Å². The lowest BCUT2D eigenvalue weighted by molar-refractivity contribution is -0.153. The van der Waals surface area contributed by atoms with Gasteiger partial charge in [-0.25, -0.2) is 0 Å². The summed E-state index contributed by atoms with van der Waals surface area (Å²) >= 11 is 6.04. The molecule has 1 N–H and O–H groups in total. The number of hydrogen-bond acceptors (Lipinski definition) is 5. The molecule has 2 atom stereocenters. The first-order chi connectivity index (χ1) is 14.3. The number of rotatable bonds is 6. The smallest absolute Gasteiger partial charge is 0.270 e. The van der Waals surface area contributed by atoms with E-state index in [2.05, 4.69) is 0 Å². The summed E-state index contributed by atoms with van der Waals surface area (Å²) in [7, 11) is 0. The van der Waals surface area contributed by atoms with Gasteiger partial charge in [-0.1, -0.05) is 18.5 Å². The second kappa shape index (κ2) is 9.18. The highest BCUT2D eigenvalue weighted by molar-refractivity contribution is 6.31. The van der Waals surface area contributed by atoms with Gasteiger partial charge in [0.05, 0.1) is 17.7 Å². The molecule has 0 spiro atoms. The van der Waals surface area contributed by atoms with Gasteiger partial charge < -0.3 is 19.5 Å². The van der Waals surface area contributed by atoms with E-state index in [-0.39, 0.29) is 62.7 Å². The quantitative estimate of drug-likeness (QED) is 0.659. The first-order valence-corrected chi connectivity index (χ1v) is 10.6. The Morgan fingerprint density at radius 2 is 1.87 bits per heavy atom. The van der Waals surface area contributed by atoms with E-state index in [0.717, 1.165) is 4.90 Å². The maximum absolute atomic E-state index is 13.2. The summed E-state index contributed by atoms with van der Waals surface area (Å²) in [4.78, 5) is 54.5. The van der Waals surface area contributed by atoms with Gasteiger partial charge in [0.25, 0.3) is 5.91 Å². The van der Waals surface area contributed by atoms with Crippen LogP contribution in [0.1, 0.15) is 43.6 Å². The maximum Gasteiger partial charge on any atom is 0.270 e. The molecule has 2 unspecified atom stereocenters. The number of aliphatic hydroxyl groups excluding tert-OH is 1. The highest BCUT2D eigenvalue weighted by atomic mass is 35.5. The topological polar surface area (TPSA) is 103 Å². The van der Waals surface area contributed by atoms with Crippen molar-refractivity contribution in [1.82, 2.24) is 19.3 Å². The van der Waals surface area contributed by atoms with Gasteiger partial charge >= 0.3 is 0 Å². The molecule has 3 rings (SSSR count). The van der Waals surface area contributed by atoms with Crippen LogP contribution in [-0.2, 0) is 20.9 Å². The van der Waals surface area contributed by atoms with Crippen molar-refractivity contribution in [1.29, 1.82) is 0 Å². The largest absolute Gasteiger partial charge is 0.394 e. The zero-order valence-electron chi connectivity index (χ0n) is 17.2. The summed E-state index contributed by atoms with van der Waals surface area (Å²) < 4.78 is 1.76. The molecule has 3 heterocycles. The highest BCUT2D eigenvalue weighted by Gasteiger charge is 2.42. The van der Waals surface area contributed by atoms with Gasteiger partial charge in [0.1, 0.15) is 11.7 Å². The van der Waals surface area contributed by atoms with E-state index in [4.69, 9.17) is 11.6 Å². The van der Waals surface area contributed by atoms with E-state index in [9.17, 15) is 24.3 Å². The molecule has 9 nitrogen and oxygen atoms in total. The molecule has 4 amide bonds. The number of imide groups is 1. The molecule has 164 valence electrons. The van der Waals surface area contributed by atoms with Crippen LogP contribution in [0, 0.1) is 0 Å². The molecular weight excluding hydrogens is 412 g/mol. The van der Waals surface area contributed by atoms with E-state index in [1.54, 1.807) is 28.7 Å². The third kappa shape index (κ3) is 4.09. The molecular formula is C20H27ClN4O5. The Balaban J connectivity index is 1.75. The van der Waals surface area contributed by atoms with Gasteiger partial charge in [-0.2, -0.15) is 0 Å². The Morgan fingerprint density at radius 3 is 2.43 bits per heavy atom. The number of amides is 4. The lowest BCUT2D eigenvalue weighted by Crippen LogP contribution is -2.61. The van der Waals surface area contributed by atoms with Crippen molar-refractivity contribution in [3.05, 3.63) is 23.0 Å². The van der Waals surface area contributed by atoms with Gasteiger partial charge in [-0.3, -0.25) is 24.1 Å². The van der Waals surface area contributed by atoms with Crippen LogP contribution >= 0.6 is 11.6 Å². The van der Waals surface area contributed by atoms with Crippen molar-refractivity contribution < 1.29 is 24.3 Å². The fraction of sp³-hybridized carbons (Fsp3) is 0.600. The predicted octanol–water partition coefficient (Wildman–Crippen LogP) is 0.734. The monoisotopic (exact) mass is 438 g/mol. The van der Waals surface area contributed by atoms with E-state index in [1.165, 1.54) is 4.90 Å². The Hall–Kier alpha value is -2.39. The minimum Gasteiger partial charge on any atom is -0.394 e. The number of carbonyl (C=O) groups is 4. The number of aryl methyl sites for hydroxylation is 1. The zero-order valence-corrected chi connectivity index (χ0v) is 18.0. The SMILES string of the molecule is CCC(C(=O)N1CCN(C(=O)c2cc(Cl)cn2CC)CC1CO)N1C(=O)CCC1=O. The molecule has 2 saturated heterocycles. The van der Waals surface area contributed by atoms with Crippen LogP contribution in [0.2, 0.25) is 5.02 Å². The lowest BCUT2D eigenvalue weighted by Gasteiger charge is -2.42. The van der Waals surface area contributed by atoms with Crippen LogP contribution in [0.15, 0.2) is 12.3 Å². The number of piperazine rings is 1. The van der Waals surface area contributed by atoms with E-state index in [1.807, 2.05) is 6.92 Å². The molecule has 0 radical (unpaired) electrons. The number of carbonyl (C=O) groups excluding carboxylic acids is 4. The van der Waals surface area contributed by atoms with Crippen LogP contribution in [0.5, 0.6) is 0 Å². The normalized spacial score (nSPS) is 20.8. The molecule has 0 bridgehead atoms. The highest BCUT2D eigenvalue weighted by Crippen LogP contribution is 2.23. The van der Waals surface area contributed by atoms with Crippen molar-refractivity contribution in [2.75, 3.05) is 26.2 Å². The Labute approximate surface area is 180 Å². The standard InChI is InChI=1S/C20H27ClN4O5/c1-3-15(25-17(27)5-6-18(25)28)20(30)24-8-7-23(11-14(24)12-26)19(29)16-9-13(21)10-22(16)4-2/h9-10,14-15,26H,3-8,11-12H2,1-2H3. The molecule has 30 heavy (non-hydrogen) atoms. The van der Waals surface area contributed by atoms with Crippen molar-refractivity contribution in [3.63, 3.8) is 0 Å². The molecule has 2 fully saturated rings. The Bertz CT molecular complexity index is 838. The number of aromatic nitrogens is 1. The Kier molecular flexibility index (Phi) is 6.82. The van der Waals surface area contributed by atoms with E-state index < -0.39 is 12.1 Å². The van der Waals surface area contributed by atoms with Crippen molar-refractivity contribution in [2.45, 2.75) is 51.7 Å². The average Bonchev–Trinajstić information content (AvgIpc) is 3.29. The third-order valence-electron chi connectivity index (χ3n) is 5.76. The second-order valence-corrected chi connectivity index (χ2v) is 7.97. The summed E-state index contributed by atoms with van der Waals surface area (Å²) in [6, 6.07) is 0.119. The molecule has 0 saturated carbocycles. The van der Waals surface area contributed by atoms with Crippen molar-refractivity contribution >= 4 is 35.2 Å². The number of hydrogen-bond donors (Lipinski definition) is 1. The summed E-state index contributed by atoms with van der Waals surface area (Å²) in [6.45, 7) is 4.57. The Morgan fingerprint density at radius 1 is 1.20 bits per heavy atom. The fourth-order valence-electron chi connectivity index (χ4n) is 4.16. The minimum atomic E-state index is -0.875. The molecule has 0 aliphatic carbocycles. The van der Waals surface area contributed by atoms with Gasteiger partial charge in [-0.05, 0) is 19.4 Å². The summed E-state index contributed by atoms with van der Waals surface area (Å²) in [5.41, 5.74) is 0.457. The van der Waals surface area contributed by atoms with E-state index >= 15 is 0 Å². The van der Waals surface area contributed by atoms with Crippen LogP contribution in [0.25, 0.3) is 0 Å². The van der Waals surface area contributed by atoms with Crippen molar-refractivity contribution in [3.8, 4) is 0 Å². The summed E-state index contributed by atoms with van der Waals surface area (Å²) in [5.74, 6) is -1.27. The third-order valence-corrected chi connectivity index (χ3v) is 5.97. The van der Waals surface area contributed by atoms with Crippen molar-refractivity contribution in [2.24, 2.45) is 0 Å². The average molecular weight is 439 g/mol. The maximum atomic E-state index is 13.2. The molecule has 1 aromatic rings. The van der Waals surface area contributed by atoms with Crippen LogP contribution in [0.4, 0.5) is 0 Å². The summed E-state index contributed by atoms with van der Waals surface area (Å²) in [5, 5.41) is 10.4. The number of nitrogens with zero attached hydrogens (tertiary/aromatic N) is 4. The lowest BCUT2D eigenvalue weighted by atomic mass is 10.1. The molecule has 2 aliphatic heterocycles. The first kappa shape index (κ1) is 22.3. The van der Waals surface area contributed by atoms with E-state index in [0.29, 0.717) is 23.7 Å². The predicted molar refractivity (Wildman–Crippen MR) is 109 cm³/mol. The molecule has 0 aromatic carbocycles. The molecule has 1 aromatic heterocycles. The fourth-order valence-corrected chi connectivity index (χ4v) is 4.39. The molecule has 10 heteroatoms. The second-order valence-electron chi connectivity index (χ2n) is 7.53. The van der Waals surface area contributed by atoms with Crippen LogP contribution in [-0.4, -0.2) is 86.3 Å². The number of aliphatic hydroxyl groups is 1. The first-order valence-electron chi connectivity index (χ1n) is 10.2. The van der Waals surface area contributed by atoms with Crippen LogP contribution in [0.3, 0.4) is 0 Å². The number of halogens is 1. The van der Waals surface area contributed by atoms with Gasteiger partial charge in [0.2, 0.25) is 17.7 Å². The summed E-state index contributed by atoms with van der Waals surface area (Å²) in [6.07, 6.45) is 2.23. The zero-order chi connectivity index (χ0) is 22.0. The number of likely N-dealkylation sites (tertiary alicyclic amines) is 1. The molecule has 2 aliphatic rings. The van der Waals surface area contributed by atoms with Gasteiger partial charge in [-0.15, -0.1) is 0 Å². The minimum absolute atomic E-state index is 0.119. The van der Waals surface area contributed by atoms with Crippen LogP contribution < -0.4 is 0 Å². The van der Waals surface area contributed by atoms with Gasteiger partial charge in [0.15, 0.2) is 0 Å².